The third-order valence-electron chi connectivity index (χ3n) is 4.33. The van der Waals surface area contributed by atoms with Gasteiger partial charge in [-0.05, 0) is 42.0 Å². The van der Waals surface area contributed by atoms with Crippen LogP contribution in [0.2, 0.25) is 5.02 Å². The van der Waals surface area contributed by atoms with Crippen molar-refractivity contribution in [3.63, 3.8) is 0 Å². The number of nitrogens with one attached hydrogen (secondary N) is 1. The minimum Gasteiger partial charge on any atom is -0.350 e. The van der Waals surface area contributed by atoms with Crippen LogP contribution in [0.3, 0.4) is 0 Å². The van der Waals surface area contributed by atoms with Crippen LogP contribution in [0, 0.1) is 11.6 Å². The number of hydrogen-bond donors (Lipinski definition) is 1. The van der Waals surface area contributed by atoms with Crippen LogP contribution in [0.25, 0.3) is 0 Å². The molecule has 3 rings (SSSR count). The van der Waals surface area contributed by atoms with Crippen molar-refractivity contribution in [3.8, 4) is 0 Å². The summed E-state index contributed by atoms with van der Waals surface area (Å²) >= 11 is 5.90. The Labute approximate surface area is 172 Å². The molecule has 29 heavy (non-hydrogen) atoms. The Morgan fingerprint density at radius 3 is 2.21 bits per heavy atom. The lowest BCUT2D eigenvalue weighted by Gasteiger charge is -2.19. The standard InChI is InChI=1S/C21H16ClF2NO3S/c22-17-7-4-8-18(24)20(17)21(26)25-13-19(14-5-2-1-3-6-14)29(27,28)16-11-9-15(23)10-12-16/h1-12,19H,13H2,(H,25,26). The van der Waals surface area contributed by atoms with Gasteiger partial charge in [-0.2, -0.15) is 0 Å². The number of amides is 1. The first-order valence-electron chi connectivity index (χ1n) is 8.57. The molecule has 0 saturated heterocycles. The Morgan fingerprint density at radius 2 is 1.59 bits per heavy atom. The second kappa shape index (κ2) is 8.71. The molecular weight excluding hydrogens is 420 g/mol. The molecule has 0 heterocycles. The Hall–Kier alpha value is -2.77. The molecule has 0 aromatic heterocycles. The maximum absolute atomic E-state index is 14.0. The van der Waals surface area contributed by atoms with Crippen molar-refractivity contribution in [2.45, 2.75) is 10.1 Å². The Kier molecular flexibility index (Phi) is 6.30. The SMILES string of the molecule is O=C(NCC(c1ccccc1)S(=O)(=O)c1ccc(F)cc1)c1c(F)cccc1Cl. The predicted octanol–water partition coefficient (Wildman–Crippen LogP) is 4.56. The predicted molar refractivity (Wildman–Crippen MR) is 107 cm³/mol. The zero-order valence-corrected chi connectivity index (χ0v) is 16.6. The zero-order valence-electron chi connectivity index (χ0n) is 15.0. The van der Waals surface area contributed by atoms with Gasteiger partial charge in [0.25, 0.3) is 5.91 Å². The van der Waals surface area contributed by atoms with Crippen LogP contribution < -0.4 is 5.32 Å². The first-order chi connectivity index (χ1) is 13.8. The Balaban J connectivity index is 1.93. The molecule has 0 fully saturated rings. The number of carbonyl (C=O) groups excluding carboxylic acids is 1. The number of halogens is 3. The first-order valence-corrected chi connectivity index (χ1v) is 10.5. The summed E-state index contributed by atoms with van der Waals surface area (Å²) in [5.74, 6) is -2.21. The highest BCUT2D eigenvalue weighted by atomic mass is 35.5. The van der Waals surface area contributed by atoms with Crippen molar-refractivity contribution in [2.75, 3.05) is 6.54 Å². The topological polar surface area (TPSA) is 63.2 Å². The average molecular weight is 436 g/mol. The van der Waals surface area contributed by atoms with Crippen molar-refractivity contribution >= 4 is 27.3 Å². The molecule has 0 bridgehead atoms. The second-order valence-electron chi connectivity index (χ2n) is 6.20. The van der Waals surface area contributed by atoms with Crippen LogP contribution in [0.4, 0.5) is 8.78 Å². The molecule has 4 nitrogen and oxygen atoms in total. The average Bonchev–Trinajstić information content (AvgIpc) is 2.69. The molecule has 3 aromatic carbocycles. The van der Waals surface area contributed by atoms with Gasteiger partial charge in [0, 0.05) is 6.54 Å². The molecule has 0 aliphatic heterocycles. The zero-order chi connectivity index (χ0) is 21.0. The van der Waals surface area contributed by atoms with Crippen LogP contribution in [0.15, 0.2) is 77.7 Å². The van der Waals surface area contributed by atoms with E-state index < -0.39 is 32.6 Å². The molecule has 3 aromatic rings. The number of hydrogen-bond acceptors (Lipinski definition) is 3. The molecular formula is C21H16ClF2NO3S. The molecule has 0 saturated carbocycles. The lowest BCUT2D eigenvalue weighted by atomic mass is 10.1. The normalized spacial score (nSPS) is 12.4. The van der Waals surface area contributed by atoms with Gasteiger partial charge in [-0.15, -0.1) is 0 Å². The van der Waals surface area contributed by atoms with Gasteiger partial charge in [-0.3, -0.25) is 4.79 Å². The summed E-state index contributed by atoms with van der Waals surface area (Å²) in [5.41, 5.74) is 0.0666. The van der Waals surface area contributed by atoms with E-state index in [1.807, 2.05) is 0 Å². The van der Waals surface area contributed by atoms with Gasteiger partial charge < -0.3 is 5.32 Å². The number of sulfone groups is 1. The summed E-state index contributed by atoms with van der Waals surface area (Å²) in [5, 5.41) is 1.20. The summed E-state index contributed by atoms with van der Waals surface area (Å²) < 4.78 is 53.5. The highest BCUT2D eigenvalue weighted by Gasteiger charge is 2.30. The fraction of sp³-hybridized carbons (Fsp3) is 0.0952. The van der Waals surface area contributed by atoms with Gasteiger partial charge in [0.2, 0.25) is 0 Å². The van der Waals surface area contributed by atoms with Crippen molar-refractivity contribution in [1.82, 2.24) is 5.32 Å². The van der Waals surface area contributed by atoms with Crippen LogP contribution in [0.1, 0.15) is 21.2 Å². The maximum Gasteiger partial charge on any atom is 0.255 e. The van der Waals surface area contributed by atoms with Gasteiger partial charge in [0.15, 0.2) is 9.84 Å². The molecule has 150 valence electrons. The van der Waals surface area contributed by atoms with E-state index in [2.05, 4.69) is 5.32 Å². The van der Waals surface area contributed by atoms with E-state index in [1.54, 1.807) is 30.3 Å². The summed E-state index contributed by atoms with van der Waals surface area (Å²) in [6.45, 7) is -0.326. The van der Waals surface area contributed by atoms with E-state index in [9.17, 15) is 22.0 Å². The summed E-state index contributed by atoms with van der Waals surface area (Å²) in [6, 6.07) is 16.5. The summed E-state index contributed by atoms with van der Waals surface area (Å²) in [4.78, 5) is 12.4. The number of rotatable bonds is 6. The van der Waals surface area contributed by atoms with E-state index in [0.717, 1.165) is 30.3 Å². The Bertz CT molecular complexity index is 1100. The smallest absolute Gasteiger partial charge is 0.255 e. The molecule has 0 spiro atoms. The number of benzene rings is 3. The van der Waals surface area contributed by atoms with Gasteiger partial charge >= 0.3 is 0 Å². The van der Waals surface area contributed by atoms with Crippen LogP contribution >= 0.6 is 11.6 Å². The molecule has 1 unspecified atom stereocenters. The van der Waals surface area contributed by atoms with Crippen molar-refractivity contribution in [1.29, 1.82) is 0 Å². The molecule has 0 radical (unpaired) electrons. The highest BCUT2D eigenvalue weighted by molar-refractivity contribution is 7.91. The van der Waals surface area contributed by atoms with E-state index in [4.69, 9.17) is 11.6 Å². The monoisotopic (exact) mass is 435 g/mol. The fourth-order valence-corrected chi connectivity index (χ4v) is 4.76. The van der Waals surface area contributed by atoms with E-state index in [-0.39, 0.29) is 22.0 Å². The quantitative estimate of drug-likeness (QED) is 0.577. The summed E-state index contributed by atoms with van der Waals surface area (Å²) in [7, 11) is -3.98. The van der Waals surface area contributed by atoms with Crippen molar-refractivity contribution < 1.29 is 22.0 Å². The summed E-state index contributed by atoms with van der Waals surface area (Å²) in [6.07, 6.45) is 0. The third kappa shape index (κ3) is 4.63. The van der Waals surface area contributed by atoms with Gasteiger partial charge in [0.05, 0.1) is 15.5 Å². The Morgan fingerprint density at radius 1 is 0.931 bits per heavy atom. The van der Waals surface area contributed by atoms with Crippen LogP contribution in [-0.4, -0.2) is 20.9 Å². The first kappa shape index (κ1) is 21.0. The minimum absolute atomic E-state index is 0.0832. The molecule has 0 aliphatic rings. The largest absolute Gasteiger partial charge is 0.350 e. The highest BCUT2D eigenvalue weighted by Crippen LogP contribution is 2.29. The van der Waals surface area contributed by atoms with Crippen LogP contribution in [0.5, 0.6) is 0 Å². The van der Waals surface area contributed by atoms with E-state index in [1.165, 1.54) is 12.1 Å². The molecule has 1 amide bonds. The molecule has 1 N–H and O–H groups in total. The van der Waals surface area contributed by atoms with Crippen molar-refractivity contribution in [3.05, 3.63) is 101 Å². The third-order valence-corrected chi connectivity index (χ3v) is 6.76. The van der Waals surface area contributed by atoms with Gasteiger partial charge in [-0.1, -0.05) is 48.0 Å². The molecule has 1 atom stereocenters. The van der Waals surface area contributed by atoms with Crippen LogP contribution in [-0.2, 0) is 9.84 Å². The maximum atomic E-state index is 14.0. The lowest BCUT2D eigenvalue weighted by Crippen LogP contribution is -2.32. The number of carbonyl (C=O) groups is 1. The van der Waals surface area contributed by atoms with Gasteiger partial charge in [-0.25, -0.2) is 17.2 Å². The van der Waals surface area contributed by atoms with Gasteiger partial charge in [0.1, 0.15) is 16.9 Å². The fourth-order valence-electron chi connectivity index (χ4n) is 2.85. The second-order valence-corrected chi connectivity index (χ2v) is 8.74. The molecule has 8 heteroatoms. The van der Waals surface area contributed by atoms with E-state index in [0.29, 0.717) is 5.56 Å². The molecule has 0 aliphatic carbocycles. The minimum atomic E-state index is -3.98. The van der Waals surface area contributed by atoms with Crippen molar-refractivity contribution in [2.24, 2.45) is 0 Å². The van der Waals surface area contributed by atoms with E-state index >= 15 is 0 Å². The lowest BCUT2D eigenvalue weighted by molar-refractivity contribution is 0.0950.